The summed E-state index contributed by atoms with van der Waals surface area (Å²) < 4.78 is 5.06. The molecule has 1 saturated carbocycles. The third-order valence-corrected chi connectivity index (χ3v) is 4.02. The molecule has 78 valence electrons. The second kappa shape index (κ2) is 3.11. The quantitative estimate of drug-likeness (QED) is 0.499. The van der Waals surface area contributed by atoms with Gasteiger partial charge in [0.1, 0.15) is 6.61 Å². The normalized spacial score (nSPS) is 32.9. The van der Waals surface area contributed by atoms with E-state index in [-0.39, 0.29) is 5.97 Å². The molecular formula is C12H18O2. The second-order valence-electron chi connectivity index (χ2n) is 5.10. The second-order valence-corrected chi connectivity index (χ2v) is 5.10. The highest BCUT2D eigenvalue weighted by atomic mass is 16.5. The summed E-state index contributed by atoms with van der Waals surface area (Å²) in [6.07, 6.45) is 4.73. The molecule has 2 bridgehead atoms. The molecule has 0 aromatic heterocycles. The molecule has 2 heteroatoms. The minimum Gasteiger partial charge on any atom is -0.461 e. The summed E-state index contributed by atoms with van der Waals surface area (Å²) >= 11 is 0. The van der Waals surface area contributed by atoms with Gasteiger partial charge < -0.3 is 4.74 Å². The summed E-state index contributed by atoms with van der Waals surface area (Å²) in [6.45, 7) is 6.63. The van der Waals surface area contributed by atoms with E-state index in [1.807, 2.05) is 0 Å². The van der Waals surface area contributed by atoms with Gasteiger partial charge in [-0.2, -0.15) is 0 Å². The van der Waals surface area contributed by atoms with Crippen LogP contribution >= 0.6 is 0 Å². The van der Waals surface area contributed by atoms with Crippen LogP contribution in [0.4, 0.5) is 0 Å². The topological polar surface area (TPSA) is 26.3 Å². The molecule has 0 heterocycles. The molecule has 0 radical (unpaired) electrons. The number of carbonyl (C=O) groups excluding carboxylic acids is 1. The maximum Gasteiger partial charge on any atom is 0.302 e. The van der Waals surface area contributed by atoms with Crippen LogP contribution in [-0.4, -0.2) is 12.6 Å². The molecule has 2 nitrogen and oxygen atoms in total. The molecule has 1 fully saturated rings. The van der Waals surface area contributed by atoms with Gasteiger partial charge in [-0.05, 0) is 35.7 Å². The van der Waals surface area contributed by atoms with Crippen LogP contribution in [-0.2, 0) is 9.53 Å². The van der Waals surface area contributed by atoms with Crippen LogP contribution in [0.25, 0.3) is 0 Å². The Hall–Kier alpha value is -0.790. The lowest BCUT2D eigenvalue weighted by atomic mass is 9.49. The zero-order valence-electron chi connectivity index (χ0n) is 9.17. The van der Waals surface area contributed by atoms with Gasteiger partial charge in [-0.3, -0.25) is 4.79 Å². The smallest absolute Gasteiger partial charge is 0.302 e. The summed E-state index contributed by atoms with van der Waals surface area (Å²) in [4.78, 5) is 10.7. The van der Waals surface area contributed by atoms with Crippen LogP contribution < -0.4 is 0 Å². The number of esters is 1. The first-order valence-electron chi connectivity index (χ1n) is 5.34. The van der Waals surface area contributed by atoms with Crippen molar-refractivity contribution >= 4 is 5.97 Å². The fourth-order valence-corrected chi connectivity index (χ4v) is 2.83. The van der Waals surface area contributed by atoms with E-state index in [1.165, 1.54) is 25.3 Å². The Balaban J connectivity index is 2.00. The summed E-state index contributed by atoms with van der Waals surface area (Å²) in [5, 5.41) is 0. The Morgan fingerprint density at radius 3 is 2.86 bits per heavy atom. The highest BCUT2D eigenvalue weighted by Crippen LogP contribution is 2.59. The number of ether oxygens (including phenoxy) is 1. The van der Waals surface area contributed by atoms with Crippen molar-refractivity contribution in [1.29, 1.82) is 0 Å². The fourth-order valence-electron chi connectivity index (χ4n) is 2.83. The Labute approximate surface area is 85.3 Å². The zero-order chi connectivity index (χ0) is 10.3. The Kier molecular flexibility index (Phi) is 2.17. The van der Waals surface area contributed by atoms with E-state index in [9.17, 15) is 4.79 Å². The first-order valence-corrected chi connectivity index (χ1v) is 5.34. The van der Waals surface area contributed by atoms with Crippen LogP contribution in [0.1, 0.15) is 33.6 Å². The summed E-state index contributed by atoms with van der Waals surface area (Å²) in [5.74, 6) is 1.33. The lowest BCUT2D eigenvalue weighted by Gasteiger charge is -2.56. The SMILES string of the molecule is CC(=O)OCC1=CCC2CC1C2(C)C. The molecule has 0 aromatic rings. The predicted molar refractivity (Wildman–Crippen MR) is 54.7 cm³/mol. The van der Waals surface area contributed by atoms with Gasteiger partial charge in [-0.25, -0.2) is 0 Å². The van der Waals surface area contributed by atoms with Gasteiger partial charge in [-0.1, -0.05) is 19.9 Å². The van der Waals surface area contributed by atoms with Gasteiger partial charge in [0.2, 0.25) is 0 Å². The first-order chi connectivity index (χ1) is 6.51. The summed E-state index contributed by atoms with van der Waals surface area (Å²) in [6, 6.07) is 0. The Morgan fingerprint density at radius 2 is 2.36 bits per heavy atom. The van der Waals surface area contributed by atoms with Crippen molar-refractivity contribution in [3.05, 3.63) is 11.6 Å². The Bertz CT molecular complexity index is 289. The molecular weight excluding hydrogens is 176 g/mol. The molecule has 0 aromatic carbocycles. The van der Waals surface area contributed by atoms with E-state index in [0.29, 0.717) is 17.9 Å². The lowest BCUT2D eigenvalue weighted by Crippen LogP contribution is -2.48. The van der Waals surface area contributed by atoms with Crippen LogP contribution in [0, 0.1) is 17.3 Å². The van der Waals surface area contributed by atoms with Crippen molar-refractivity contribution in [1.82, 2.24) is 0 Å². The maximum atomic E-state index is 10.7. The molecule has 0 aliphatic heterocycles. The molecule has 0 saturated heterocycles. The average Bonchev–Trinajstić information content (AvgIpc) is 2.14. The van der Waals surface area contributed by atoms with Crippen LogP contribution in [0.2, 0.25) is 0 Å². The van der Waals surface area contributed by atoms with Crippen molar-refractivity contribution in [3.63, 3.8) is 0 Å². The van der Waals surface area contributed by atoms with E-state index >= 15 is 0 Å². The van der Waals surface area contributed by atoms with E-state index < -0.39 is 0 Å². The third kappa shape index (κ3) is 1.37. The fraction of sp³-hybridized carbons (Fsp3) is 0.750. The highest BCUT2D eigenvalue weighted by Gasteiger charge is 2.51. The molecule has 2 unspecified atom stereocenters. The largest absolute Gasteiger partial charge is 0.461 e. The van der Waals surface area contributed by atoms with E-state index in [0.717, 1.165) is 5.92 Å². The van der Waals surface area contributed by atoms with Crippen molar-refractivity contribution < 1.29 is 9.53 Å². The number of hydrogen-bond donors (Lipinski definition) is 0. The average molecular weight is 194 g/mol. The zero-order valence-corrected chi connectivity index (χ0v) is 9.17. The molecule has 0 N–H and O–H groups in total. The van der Waals surface area contributed by atoms with Crippen molar-refractivity contribution in [2.24, 2.45) is 17.3 Å². The number of hydrogen-bond acceptors (Lipinski definition) is 2. The molecule has 0 amide bonds. The van der Waals surface area contributed by atoms with E-state index in [4.69, 9.17) is 4.74 Å². The van der Waals surface area contributed by atoms with Crippen molar-refractivity contribution in [2.75, 3.05) is 6.61 Å². The van der Waals surface area contributed by atoms with E-state index in [1.54, 1.807) is 0 Å². The van der Waals surface area contributed by atoms with E-state index in [2.05, 4.69) is 19.9 Å². The van der Waals surface area contributed by atoms with Crippen LogP contribution in [0.3, 0.4) is 0 Å². The number of fused-ring (bicyclic) bond motifs is 1. The summed E-state index contributed by atoms with van der Waals surface area (Å²) in [5.41, 5.74) is 1.78. The van der Waals surface area contributed by atoms with Gasteiger partial charge in [-0.15, -0.1) is 0 Å². The van der Waals surface area contributed by atoms with Crippen LogP contribution in [0.5, 0.6) is 0 Å². The van der Waals surface area contributed by atoms with Gasteiger partial charge in [0, 0.05) is 6.92 Å². The minimum absolute atomic E-state index is 0.176. The van der Waals surface area contributed by atoms with Gasteiger partial charge >= 0.3 is 5.97 Å². The Morgan fingerprint density at radius 1 is 1.64 bits per heavy atom. The highest BCUT2D eigenvalue weighted by molar-refractivity contribution is 5.66. The maximum absolute atomic E-state index is 10.7. The first kappa shape index (κ1) is 9.75. The predicted octanol–water partition coefficient (Wildman–Crippen LogP) is 2.54. The third-order valence-electron chi connectivity index (χ3n) is 4.02. The molecule has 14 heavy (non-hydrogen) atoms. The molecule has 3 aliphatic carbocycles. The van der Waals surface area contributed by atoms with Gasteiger partial charge in [0.05, 0.1) is 0 Å². The number of rotatable bonds is 2. The van der Waals surface area contributed by atoms with Gasteiger partial charge in [0.15, 0.2) is 0 Å². The molecule has 0 spiro atoms. The van der Waals surface area contributed by atoms with Crippen molar-refractivity contribution in [3.8, 4) is 0 Å². The van der Waals surface area contributed by atoms with Crippen molar-refractivity contribution in [2.45, 2.75) is 33.6 Å². The summed E-state index contributed by atoms with van der Waals surface area (Å²) in [7, 11) is 0. The number of allylic oxidation sites excluding steroid dienone is 1. The molecule has 3 aliphatic rings. The van der Waals surface area contributed by atoms with Gasteiger partial charge in [0.25, 0.3) is 0 Å². The standard InChI is InChI=1S/C12H18O2/c1-8(13)14-7-9-4-5-10-6-11(9)12(10,2)3/h4,10-11H,5-7H2,1-3H3. The van der Waals surface area contributed by atoms with Crippen LogP contribution in [0.15, 0.2) is 11.6 Å². The monoisotopic (exact) mass is 194 g/mol. The number of carbonyl (C=O) groups is 1. The molecule has 2 atom stereocenters. The molecule has 3 rings (SSSR count). The minimum atomic E-state index is -0.176. The lowest BCUT2D eigenvalue weighted by molar-refractivity contribution is -0.140.